The van der Waals surface area contributed by atoms with E-state index in [1.54, 1.807) is 18.1 Å². The Morgan fingerprint density at radius 3 is 2.65 bits per heavy atom. The average Bonchev–Trinajstić information content (AvgIpc) is 2.50. The third-order valence-electron chi connectivity index (χ3n) is 3.10. The van der Waals surface area contributed by atoms with Crippen LogP contribution in [-0.4, -0.2) is 16.5 Å². The van der Waals surface area contributed by atoms with Crippen LogP contribution in [0.3, 0.4) is 0 Å². The van der Waals surface area contributed by atoms with Crippen molar-refractivity contribution in [3.63, 3.8) is 0 Å². The molecule has 2 aromatic carbocycles. The summed E-state index contributed by atoms with van der Waals surface area (Å²) in [4.78, 5) is 9.93. The van der Waals surface area contributed by atoms with Gasteiger partial charge in [-0.25, -0.2) is 9.97 Å². The van der Waals surface area contributed by atoms with Crippen LogP contribution in [0.2, 0.25) is 0 Å². The van der Waals surface area contributed by atoms with Gasteiger partial charge >= 0.3 is 0 Å². The van der Waals surface area contributed by atoms with Crippen LogP contribution in [0.4, 0.5) is 0 Å². The molecule has 0 atom stereocenters. The highest BCUT2D eigenvalue weighted by Gasteiger charge is 2.08. The minimum absolute atomic E-state index is 0.655. The van der Waals surface area contributed by atoms with E-state index >= 15 is 0 Å². The second-order valence-corrected chi connectivity index (χ2v) is 5.48. The van der Waals surface area contributed by atoms with Gasteiger partial charge in [-0.3, -0.25) is 0 Å². The van der Waals surface area contributed by atoms with Gasteiger partial charge in [0.2, 0.25) is 0 Å². The predicted octanol–water partition coefficient (Wildman–Crippen LogP) is 3.28. The molecule has 0 aliphatic rings. The van der Waals surface area contributed by atoms with E-state index in [2.05, 4.69) is 28.2 Å². The molecule has 1 aromatic heterocycles. The molecule has 3 aromatic rings. The molecule has 0 fully saturated rings. The summed E-state index contributed by atoms with van der Waals surface area (Å²) in [6, 6.07) is 16.4. The number of hydrogen-bond donors (Lipinski definition) is 1. The molecular weight excluding hydrogens is 266 g/mol. The Morgan fingerprint density at radius 2 is 1.75 bits per heavy atom. The van der Waals surface area contributed by atoms with Crippen molar-refractivity contribution in [2.45, 2.75) is 16.3 Å². The molecule has 0 amide bonds. The first-order chi connectivity index (χ1) is 9.88. The molecule has 1 heterocycles. The maximum Gasteiger partial charge on any atom is 0.117 e. The first kappa shape index (κ1) is 13.1. The van der Waals surface area contributed by atoms with E-state index in [4.69, 9.17) is 5.73 Å². The molecule has 0 bridgehead atoms. The Balaban J connectivity index is 2.01. The van der Waals surface area contributed by atoms with Crippen LogP contribution in [0.1, 0.15) is 5.56 Å². The summed E-state index contributed by atoms with van der Waals surface area (Å²) >= 11 is 1.68. The molecular formula is C16H15N3S. The van der Waals surface area contributed by atoms with Crippen LogP contribution in [0, 0.1) is 0 Å². The first-order valence-corrected chi connectivity index (χ1v) is 7.35. The fourth-order valence-electron chi connectivity index (χ4n) is 2.13. The quantitative estimate of drug-likeness (QED) is 0.746. The zero-order valence-corrected chi connectivity index (χ0v) is 11.8. The Morgan fingerprint density at radius 1 is 0.950 bits per heavy atom. The normalized spacial score (nSPS) is 10.8. The van der Waals surface area contributed by atoms with Crippen molar-refractivity contribution >= 4 is 22.7 Å². The Labute approximate surface area is 122 Å². The van der Waals surface area contributed by atoms with Crippen LogP contribution >= 0.6 is 11.8 Å². The summed E-state index contributed by atoms with van der Waals surface area (Å²) in [5, 5.41) is 2.07. The van der Waals surface area contributed by atoms with Crippen LogP contribution in [0.5, 0.6) is 0 Å². The van der Waals surface area contributed by atoms with Gasteiger partial charge in [0.25, 0.3) is 0 Å². The second-order valence-electron chi connectivity index (χ2n) is 4.44. The first-order valence-electron chi connectivity index (χ1n) is 6.54. The number of rotatable bonds is 4. The molecule has 3 nitrogen and oxygen atoms in total. The molecule has 100 valence electrons. The minimum Gasteiger partial charge on any atom is -0.330 e. The highest BCUT2D eigenvalue weighted by Crippen LogP contribution is 2.33. The zero-order valence-electron chi connectivity index (χ0n) is 11.0. The van der Waals surface area contributed by atoms with Crippen molar-refractivity contribution in [1.82, 2.24) is 9.97 Å². The standard InChI is InChI=1S/C16H15N3S/c17-10-9-12-5-1-4-8-15(12)20-16-13-6-2-3-7-14(13)18-11-19-16/h1-8,11H,9-10,17H2. The number of benzene rings is 2. The molecule has 4 heteroatoms. The highest BCUT2D eigenvalue weighted by atomic mass is 32.2. The van der Waals surface area contributed by atoms with Crippen molar-refractivity contribution in [1.29, 1.82) is 0 Å². The molecule has 0 aliphatic carbocycles. The second kappa shape index (κ2) is 6.03. The average molecular weight is 281 g/mol. The van der Waals surface area contributed by atoms with E-state index in [0.29, 0.717) is 6.54 Å². The van der Waals surface area contributed by atoms with E-state index in [-0.39, 0.29) is 0 Å². The van der Waals surface area contributed by atoms with Crippen LogP contribution in [0.15, 0.2) is 64.8 Å². The lowest BCUT2D eigenvalue weighted by Crippen LogP contribution is -2.03. The maximum absolute atomic E-state index is 5.68. The smallest absolute Gasteiger partial charge is 0.117 e. The lowest BCUT2D eigenvalue weighted by atomic mass is 10.1. The van der Waals surface area contributed by atoms with E-state index in [0.717, 1.165) is 22.3 Å². The zero-order chi connectivity index (χ0) is 13.8. The largest absolute Gasteiger partial charge is 0.330 e. The van der Waals surface area contributed by atoms with Crippen molar-refractivity contribution in [3.8, 4) is 0 Å². The summed E-state index contributed by atoms with van der Waals surface area (Å²) in [5.74, 6) is 0. The van der Waals surface area contributed by atoms with Gasteiger partial charge in [-0.05, 0) is 30.7 Å². The molecule has 0 saturated carbocycles. The van der Waals surface area contributed by atoms with Gasteiger partial charge in [0.15, 0.2) is 0 Å². The van der Waals surface area contributed by atoms with E-state index in [1.807, 2.05) is 30.3 Å². The van der Waals surface area contributed by atoms with Crippen LogP contribution in [-0.2, 0) is 6.42 Å². The summed E-state index contributed by atoms with van der Waals surface area (Å²) in [5.41, 5.74) is 7.92. The molecule has 2 N–H and O–H groups in total. The molecule has 20 heavy (non-hydrogen) atoms. The van der Waals surface area contributed by atoms with Gasteiger partial charge in [0.05, 0.1) is 5.52 Å². The number of para-hydroxylation sites is 1. The summed E-state index contributed by atoms with van der Waals surface area (Å²) in [6.45, 7) is 0.655. The molecule has 0 saturated heterocycles. The van der Waals surface area contributed by atoms with Crippen LogP contribution < -0.4 is 5.73 Å². The van der Waals surface area contributed by atoms with Crippen molar-refractivity contribution in [2.24, 2.45) is 5.73 Å². The molecule has 3 rings (SSSR count). The summed E-state index contributed by atoms with van der Waals surface area (Å²) in [6.07, 6.45) is 2.50. The third-order valence-corrected chi connectivity index (χ3v) is 4.24. The van der Waals surface area contributed by atoms with Gasteiger partial charge in [-0.1, -0.05) is 48.2 Å². The third kappa shape index (κ3) is 2.66. The molecule has 0 spiro atoms. The van der Waals surface area contributed by atoms with E-state index < -0.39 is 0 Å². The minimum atomic E-state index is 0.655. The topological polar surface area (TPSA) is 51.8 Å². The molecule has 0 radical (unpaired) electrons. The van der Waals surface area contributed by atoms with Gasteiger partial charge in [-0.2, -0.15) is 0 Å². The number of nitrogens with two attached hydrogens (primary N) is 1. The van der Waals surface area contributed by atoms with Crippen molar-refractivity contribution < 1.29 is 0 Å². The van der Waals surface area contributed by atoms with E-state index in [9.17, 15) is 0 Å². The van der Waals surface area contributed by atoms with Crippen molar-refractivity contribution in [3.05, 3.63) is 60.4 Å². The number of fused-ring (bicyclic) bond motifs is 1. The van der Waals surface area contributed by atoms with E-state index in [1.165, 1.54) is 10.5 Å². The lowest BCUT2D eigenvalue weighted by molar-refractivity contribution is 0.943. The Hall–Kier alpha value is -1.91. The maximum atomic E-state index is 5.68. The number of aromatic nitrogens is 2. The SMILES string of the molecule is NCCc1ccccc1Sc1ncnc2ccccc12. The van der Waals surface area contributed by atoms with Gasteiger partial charge in [0, 0.05) is 10.3 Å². The number of nitrogens with zero attached hydrogens (tertiary/aromatic N) is 2. The fourth-order valence-corrected chi connectivity index (χ4v) is 3.17. The van der Waals surface area contributed by atoms with Gasteiger partial charge < -0.3 is 5.73 Å². The Kier molecular flexibility index (Phi) is 3.95. The monoisotopic (exact) mass is 281 g/mol. The van der Waals surface area contributed by atoms with Crippen molar-refractivity contribution in [2.75, 3.05) is 6.54 Å². The molecule has 0 aliphatic heterocycles. The lowest BCUT2D eigenvalue weighted by Gasteiger charge is -2.09. The van der Waals surface area contributed by atoms with Gasteiger partial charge in [0.1, 0.15) is 11.4 Å². The fraction of sp³-hybridized carbons (Fsp3) is 0.125. The summed E-state index contributed by atoms with van der Waals surface area (Å²) in [7, 11) is 0. The van der Waals surface area contributed by atoms with Crippen LogP contribution in [0.25, 0.3) is 10.9 Å². The van der Waals surface area contributed by atoms with Gasteiger partial charge in [-0.15, -0.1) is 0 Å². The predicted molar refractivity (Wildman–Crippen MR) is 82.9 cm³/mol. The molecule has 0 unspecified atom stereocenters. The Bertz CT molecular complexity index is 722. The summed E-state index contributed by atoms with van der Waals surface area (Å²) < 4.78 is 0. The number of hydrogen-bond acceptors (Lipinski definition) is 4. The highest BCUT2D eigenvalue weighted by molar-refractivity contribution is 7.99.